The SMILES string of the molecule is COCC(O)CN(C)c1ncccc1C(=O)OC. The molecule has 1 N–H and O–H groups in total. The lowest BCUT2D eigenvalue weighted by Gasteiger charge is -2.22. The Kier molecular flexibility index (Phi) is 5.54. The van der Waals surface area contributed by atoms with Gasteiger partial charge in [0.05, 0.1) is 19.8 Å². The number of aliphatic hydroxyl groups excluding tert-OH is 1. The van der Waals surface area contributed by atoms with Crippen molar-refractivity contribution in [3.63, 3.8) is 0 Å². The van der Waals surface area contributed by atoms with Crippen molar-refractivity contribution in [1.82, 2.24) is 4.98 Å². The van der Waals surface area contributed by atoms with Crippen LogP contribution in [-0.4, -0.2) is 56.6 Å². The van der Waals surface area contributed by atoms with Crippen molar-refractivity contribution in [2.75, 3.05) is 39.3 Å². The normalized spacial score (nSPS) is 12.0. The standard InChI is InChI=1S/C12H18N2O4/c1-14(7-9(15)8-17-2)11-10(12(16)18-3)5-4-6-13-11/h4-6,9,15H,7-8H2,1-3H3. The summed E-state index contributed by atoms with van der Waals surface area (Å²) in [7, 11) is 4.58. The van der Waals surface area contributed by atoms with E-state index < -0.39 is 12.1 Å². The van der Waals surface area contributed by atoms with E-state index in [9.17, 15) is 9.90 Å². The monoisotopic (exact) mass is 254 g/mol. The van der Waals surface area contributed by atoms with Crippen molar-refractivity contribution >= 4 is 11.8 Å². The zero-order valence-corrected chi connectivity index (χ0v) is 10.8. The molecule has 0 aliphatic rings. The van der Waals surface area contributed by atoms with Crippen molar-refractivity contribution < 1.29 is 19.4 Å². The van der Waals surface area contributed by atoms with Crippen LogP contribution in [0.5, 0.6) is 0 Å². The molecule has 6 heteroatoms. The number of carbonyl (C=O) groups excluding carboxylic acids is 1. The first kappa shape index (κ1) is 14.4. The van der Waals surface area contributed by atoms with E-state index in [0.29, 0.717) is 17.9 Å². The molecule has 6 nitrogen and oxygen atoms in total. The molecule has 0 spiro atoms. The van der Waals surface area contributed by atoms with Crippen LogP contribution in [0.3, 0.4) is 0 Å². The van der Waals surface area contributed by atoms with Crippen LogP contribution in [0, 0.1) is 0 Å². The van der Waals surface area contributed by atoms with Gasteiger partial charge in [0.25, 0.3) is 0 Å². The second kappa shape index (κ2) is 6.93. The number of anilines is 1. The Balaban J connectivity index is 2.84. The van der Waals surface area contributed by atoms with Gasteiger partial charge < -0.3 is 19.5 Å². The van der Waals surface area contributed by atoms with Gasteiger partial charge in [-0.3, -0.25) is 0 Å². The summed E-state index contributed by atoms with van der Waals surface area (Å²) in [6, 6.07) is 3.29. The summed E-state index contributed by atoms with van der Waals surface area (Å²) < 4.78 is 9.54. The number of pyridine rings is 1. The molecular formula is C12H18N2O4. The minimum Gasteiger partial charge on any atom is -0.465 e. The van der Waals surface area contributed by atoms with Gasteiger partial charge in [-0.1, -0.05) is 0 Å². The zero-order valence-electron chi connectivity index (χ0n) is 10.8. The number of ether oxygens (including phenoxy) is 2. The van der Waals surface area contributed by atoms with E-state index >= 15 is 0 Å². The summed E-state index contributed by atoms with van der Waals surface area (Å²) in [5, 5.41) is 9.66. The van der Waals surface area contributed by atoms with E-state index in [1.807, 2.05) is 0 Å². The van der Waals surface area contributed by atoms with Crippen molar-refractivity contribution in [2.24, 2.45) is 0 Å². The van der Waals surface area contributed by atoms with E-state index in [-0.39, 0.29) is 6.61 Å². The minimum atomic E-state index is -0.646. The highest BCUT2D eigenvalue weighted by atomic mass is 16.5. The van der Waals surface area contributed by atoms with Crippen LogP contribution in [0.1, 0.15) is 10.4 Å². The van der Waals surface area contributed by atoms with E-state index in [1.54, 1.807) is 30.3 Å². The number of hydrogen-bond acceptors (Lipinski definition) is 6. The van der Waals surface area contributed by atoms with Gasteiger partial charge in [-0.25, -0.2) is 9.78 Å². The molecule has 100 valence electrons. The highest BCUT2D eigenvalue weighted by molar-refractivity contribution is 5.94. The third kappa shape index (κ3) is 3.68. The molecule has 0 aromatic carbocycles. The Morgan fingerprint density at radius 1 is 1.56 bits per heavy atom. The topological polar surface area (TPSA) is 71.9 Å². The number of esters is 1. The van der Waals surface area contributed by atoms with Gasteiger partial charge in [0.1, 0.15) is 11.4 Å². The first-order valence-corrected chi connectivity index (χ1v) is 5.51. The van der Waals surface area contributed by atoms with Crippen molar-refractivity contribution in [3.05, 3.63) is 23.9 Å². The van der Waals surface area contributed by atoms with E-state index in [2.05, 4.69) is 9.72 Å². The predicted molar refractivity (Wildman–Crippen MR) is 66.7 cm³/mol. The Labute approximate surface area is 106 Å². The fraction of sp³-hybridized carbons (Fsp3) is 0.500. The van der Waals surface area contributed by atoms with Gasteiger partial charge in [-0.05, 0) is 12.1 Å². The van der Waals surface area contributed by atoms with Gasteiger partial charge >= 0.3 is 5.97 Å². The Hall–Kier alpha value is -1.66. The summed E-state index contributed by atoms with van der Waals surface area (Å²) in [4.78, 5) is 17.4. The Morgan fingerprint density at radius 3 is 2.89 bits per heavy atom. The molecule has 1 aromatic rings. The number of carbonyl (C=O) groups is 1. The molecule has 0 saturated carbocycles. The first-order valence-electron chi connectivity index (χ1n) is 5.51. The highest BCUT2D eigenvalue weighted by Gasteiger charge is 2.17. The van der Waals surface area contributed by atoms with E-state index in [0.717, 1.165) is 0 Å². The molecular weight excluding hydrogens is 236 g/mol. The number of aromatic nitrogens is 1. The molecule has 0 aliphatic carbocycles. The molecule has 0 bridgehead atoms. The van der Waals surface area contributed by atoms with Gasteiger partial charge in [-0.15, -0.1) is 0 Å². The third-order valence-electron chi connectivity index (χ3n) is 2.40. The number of aliphatic hydroxyl groups is 1. The maximum Gasteiger partial charge on any atom is 0.341 e. The van der Waals surface area contributed by atoms with Crippen LogP contribution in [0.25, 0.3) is 0 Å². The fourth-order valence-corrected chi connectivity index (χ4v) is 1.62. The predicted octanol–water partition coefficient (Wildman–Crippen LogP) is 0.312. The smallest absolute Gasteiger partial charge is 0.341 e. The van der Waals surface area contributed by atoms with Crippen molar-refractivity contribution in [3.8, 4) is 0 Å². The Morgan fingerprint density at radius 2 is 2.28 bits per heavy atom. The Bertz CT molecular complexity index is 397. The zero-order chi connectivity index (χ0) is 13.5. The molecule has 0 fully saturated rings. The lowest BCUT2D eigenvalue weighted by atomic mass is 10.2. The molecule has 0 amide bonds. The van der Waals surface area contributed by atoms with Crippen LogP contribution in [0.2, 0.25) is 0 Å². The molecule has 1 unspecified atom stereocenters. The van der Waals surface area contributed by atoms with Crippen LogP contribution >= 0.6 is 0 Å². The minimum absolute atomic E-state index is 0.227. The van der Waals surface area contributed by atoms with E-state index in [4.69, 9.17) is 4.74 Å². The maximum absolute atomic E-state index is 11.6. The summed E-state index contributed by atoms with van der Waals surface area (Å²) in [5.74, 6) is 0.0192. The van der Waals surface area contributed by atoms with E-state index in [1.165, 1.54) is 14.2 Å². The number of likely N-dealkylation sites (N-methyl/N-ethyl adjacent to an activating group) is 1. The molecule has 0 aliphatic heterocycles. The van der Waals surface area contributed by atoms with Gasteiger partial charge in [0.15, 0.2) is 0 Å². The summed E-state index contributed by atoms with van der Waals surface area (Å²) in [6.07, 6.45) is 0.938. The number of nitrogens with zero attached hydrogens (tertiary/aromatic N) is 2. The first-order chi connectivity index (χ1) is 8.60. The van der Waals surface area contributed by atoms with Crippen LogP contribution in [0.15, 0.2) is 18.3 Å². The highest BCUT2D eigenvalue weighted by Crippen LogP contribution is 2.16. The van der Waals surface area contributed by atoms with Crippen molar-refractivity contribution in [1.29, 1.82) is 0 Å². The summed E-state index contributed by atoms with van der Waals surface area (Å²) >= 11 is 0. The summed E-state index contributed by atoms with van der Waals surface area (Å²) in [6.45, 7) is 0.541. The number of methoxy groups -OCH3 is 2. The van der Waals surface area contributed by atoms with Gasteiger partial charge in [-0.2, -0.15) is 0 Å². The van der Waals surface area contributed by atoms with Crippen LogP contribution < -0.4 is 4.90 Å². The largest absolute Gasteiger partial charge is 0.465 e. The molecule has 18 heavy (non-hydrogen) atoms. The quantitative estimate of drug-likeness (QED) is 0.737. The number of rotatable bonds is 6. The molecule has 1 atom stereocenters. The van der Waals surface area contributed by atoms with Gasteiger partial charge in [0, 0.05) is 26.9 Å². The maximum atomic E-state index is 11.6. The van der Waals surface area contributed by atoms with Crippen molar-refractivity contribution in [2.45, 2.75) is 6.10 Å². The van der Waals surface area contributed by atoms with Crippen LogP contribution in [0.4, 0.5) is 5.82 Å². The second-order valence-corrected chi connectivity index (χ2v) is 3.86. The molecule has 0 saturated heterocycles. The lowest BCUT2D eigenvalue weighted by molar-refractivity contribution is 0.0598. The van der Waals surface area contributed by atoms with Gasteiger partial charge in [0.2, 0.25) is 0 Å². The summed E-state index contributed by atoms with van der Waals surface area (Å²) in [5.41, 5.74) is 0.368. The molecule has 1 rings (SSSR count). The molecule has 0 radical (unpaired) electrons. The average Bonchev–Trinajstić information content (AvgIpc) is 2.38. The molecule has 1 heterocycles. The average molecular weight is 254 g/mol. The molecule has 1 aromatic heterocycles. The van der Waals surface area contributed by atoms with Crippen LogP contribution in [-0.2, 0) is 9.47 Å². The number of hydrogen-bond donors (Lipinski definition) is 1. The third-order valence-corrected chi connectivity index (χ3v) is 2.40. The second-order valence-electron chi connectivity index (χ2n) is 3.86. The lowest BCUT2D eigenvalue weighted by Crippen LogP contribution is -2.33. The fourth-order valence-electron chi connectivity index (χ4n) is 1.62.